The average Bonchev–Trinajstić information content (AvgIpc) is 2.59. The lowest BCUT2D eigenvalue weighted by molar-refractivity contribution is -0.116. The van der Waals surface area contributed by atoms with E-state index in [2.05, 4.69) is 0 Å². The highest BCUT2D eigenvalue weighted by molar-refractivity contribution is 6.31. The number of benzene rings is 2. The lowest BCUT2D eigenvalue weighted by Crippen LogP contribution is -2.37. The first-order valence-corrected chi connectivity index (χ1v) is 6.89. The van der Waals surface area contributed by atoms with Gasteiger partial charge >= 0.3 is 0 Å². The van der Waals surface area contributed by atoms with Gasteiger partial charge in [-0.2, -0.15) is 0 Å². The van der Waals surface area contributed by atoms with Crippen LogP contribution in [-0.4, -0.2) is 25.4 Å². The highest BCUT2D eigenvalue weighted by atomic mass is 35.5. The first kappa shape index (κ1) is 13.6. The minimum absolute atomic E-state index is 0.00560. The summed E-state index contributed by atoms with van der Waals surface area (Å²) in [5.74, 6) is -0.362. The number of anilines is 2. The molecule has 0 N–H and O–H groups in total. The maximum absolute atomic E-state index is 12.7. The number of nitrogens with zero attached hydrogens (tertiary/aromatic N) is 2. The number of halogens is 1. The first-order chi connectivity index (χ1) is 10.1. The Labute approximate surface area is 127 Å². The molecular weight excluding hydrogens is 288 g/mol. The molecule has 0 aromatic heterocycles. The quantitative estimate of drug-likeness (QED) is 0.812. The normalized spacial score (nSPS) is 15.0. The Kier molecular flexibility index (Phi) is 3.39. The molecule has 4 nitrogen and oxygen atoms in total. The van der Waals surface area contributed by atoms with Crippen molar-refractivity contribution in [2.24, 2.45) is 0 Å². The number of carbonyl (C=O) groups is 2. The maximum Gasteiger partial charge on any atom is 0.260 e. The number of hydrogen-bond donors (Lipinski definition) is 0. The third kappa shape index (κ3) is 2.38. The second-order valence-corrected chi connectivity index (χ2v) is 5.28. The molecule has 0 saturated carbocycles. The molecule has 0 unspecified atom stereocenters. The zero-order chi connectivity index (χ0) is 15.0. The summed E-state index contributed by atoms with van der Waals surface area (Å²) in [7, 11) is 1.65. The summed E-state index contributed by atoms with van der Waals surface area (Å²) < 4.78 is 0. The van der Waals surface area contributed by atoms with Gasteiger partial charge in [0, 0.05) is 17.8 Å². The van der Waals surface area contributed by atoms with E-state index in [1.165, 1.54) is 9.80 Å². The van der Waals surface area contributed by atoms with Gasteiger partial charge in [-0.1, -0.05) is 29.8 Å². The van der Waals surface area contributed by atoms with Crippen molar-refractivity contribution >= 4 is 34.8 Å². The zero-order valence-corrected chi connectivity index (χ0v) is 12.2. The van der Waals surface area contributed by atoms with E-state index in [-0.39, 0.29) is 18.4 Å². The smallest absolute Gasteiger partial charge is 0.260 e. The second kappa shape index (κ2) is 5.22. The van der Waals surface area contributed by atoms with E-state index in [9.17, 15) is 9.59 Å². The van der Waals surface area contributed by atoms with E-state index < -0.39 is 0 Å². The van der Waals surface area contributed by atoms with E-state index in [1.807, 2.05) is 30.3 Å². The number of para-hydroxylation sites is 1. The van der Waals surface area contributed by atoms with Crippen LogP contribution in [0.5, 0.6) is 0 Å². The van der Waals surface area contributed by atoms with Gasteiger partial charge < -0.3 is 4.90 Å². The summed E-state index contributed by atoms with van der Waals surface area (Å²) in [6, 6.07) is 14.1. The number of fused-ring (bicyclic) bond motifs is 1. The summed E-state index contributed by atoms with van der Waals surface area (Å²) in [6.07, 6.45) is 0. The van der Waals surface area contributed by atoms with Gasteiger partial charge in [-0.15, -0.1) is 0 Å². The lowest BCUT2D eigenvalue weighted by atomic mass is 10.1. The average molecular weight is 301 g/mol. The maximum atomic E-state index is 12.7. The molecule has 2 aromatic rings. The predicted octanol–water partition coefficient (Wildman–Crippen LogP) is 2.96. The van der Waals surface area contributed by atoms with Crippen LogP contribution in [0, 0.1) is 0 Å². The van der Waals surface area contributed by atoms with Crippen molar-refractivity contribution in [2.45, 2.75) is 0 Å². The highest BCUT2D eigenvalue weighted by Crippen LogP contribution is 2.29. The number of hydrogen-bond acceptors (Lipinski definition) is 2. The third-order valence-corrected chi connectivity index (χ3v) is 3.77. The van der Waals surface area contributed by atoms with Crippen LogP contribution >= 0.6 is 11.6 Å². The van der Waals surface area contributed by atoms with E-state index in [0.717, 1.165) is 0 Å². The van der Waals surface area contributed by atoms with Crippen molar-refractivity contribution < 1.29 is 9.59 Å². The molecule has 1 aliphatic heterocycles. The van der Waals surface area contributed by atoms with E-state index >= 15 is 0 Å². The fourth-order valence-corrected chi connectivity index (χ4v) is 2.54. The topological polar surface area (TPSA) is 40.6 Å². The molecule has 0 atom stereocenters. The molecule has 0 saturated heterocycles. The Morgan fingerprint density at radius 3 is 2.48 bits per heavy atom. The summed E-state index contributed by atoms with van der Waals surface area (Å²) in [5.41, 5.74) is 1.71. The Bertz CT molecular complexity index is 715. The number of rotatable bonds is 1. The molecule has 0 radical (unpaired) electrons. The van der Waals surface area contributed by atoms with Crippen LogP contribution < -0.4 is 9.80 Å². The molecule has 0 spiro atoms. The Balaban J connectivity index is 2.14. The van der Waals surface area contributed by atoms with Crippen LogP contribution in [0.25, 0.3) is 0 Å². The molecular formula is C16H13ClN2O2. The Morgan fingerprint density at radius 2 is 1.76 bits per heavy atom. The van der Waals surface area contributed by atoms with Crippen LogP contribution in [0.1, 0.15) is 10.4 Å². The Morgan fingerprint density at radius 1 is 1.05 bits per heavy atom. The molecule has 2 amide bonds. The molecule has 0 aliphatic carbocycles. The summed E-state index contributed by atoms with van der Waals surface area (Å²) >= 11 is 5.98. The van der Waals surface area contributed by atoms with Crippen molar-refractivity contribution in [1.29, 1.82) is 0 Å². The zero-order valence-electron chi connectivity index (χ0n) is 11.4. The predicted molar refractivity (Wildman–Crippen MR) is 83.0 cm³/mol. The molecule has 3 rings (SSSR count). The van der Waals surface area contributed by atoms with Gasteiger partial charge in [0.05, 0.1) is 11.3 Å². The lowest BCUT2D eigenvalue weighted by Gasteiger charge is -2.20. The van der Waals surface area contributed by atoms with Crippen molar-refractivity contribution in [3.8, 4) is 0 Å². The van der Waals surface area contributed by atoms with E-state index in [0.29, 0.717) is 22.0 Å². The minimum atomic E-state index is -0.203. The second-order valence-electron chi connectivity index (χ2n) is 4.84. The molecule has 2 aromatic carbocycles. The number of carbonyl (C=O) groups excluding carboxylic acids is 2. The van der Waals surface area contributed by atoms with Gasteiger partial charge in [0.1, 0.15) is 6.54 Å². The van der Waals surface area contributed by atoms with Crippen LogP contribution in [-0.2, 0) is 4.79 Å². The summed E-state index contributed by atoms with van der Waals surface area (Å²) in [4.78, 5) is 28.0. The largest absolute Gasteiger partial charge is 0.313 e. The van der Waals surface area contributed by atoms with Gasteiger partial charge in [-0.25, -0.2) is 0 Å². The van der Waals surface area contributed by atoms with Crippen LogP contribution in [0.2, 0.25) is 5.02 Å². The van der Waals surface area contributed by atoms with Crippen molar-refractivity contribution in [3.63, 3.8) is 0 Å². The van der Waals surface area contributed by atoms with Crippen LogP contribution in [0.4, 0.5) is 11.4 Å². The van der Waals surface area contributed by atoms with Crippen molar-refractivity contribution in [1.82, 2.24) is 0 Å². The van der Waals surface area contributed by atoms with Crippen LogP contribution in [0.3, 0.4) is 0 Å². The van der Waals surface area contributed by atoms with E-state index in [1.54, 1.807) is 25.2 Å². The molecule has 0 fully saturated rings. The van der Waals surface area contributed by atoms with Crippen molar-refractivity contribution in [3.05, 3.63) is 59.1 Å². The van der Waals surface area contributed by atoms with E-state index in [4.69, 9.17) is 11.6 Å². The highest BCUT2D eigenvalue weighted by Gasteiger charge is 2.30. The van der Waals surface area contributed by atoms with Gasteiger partial charge in [0.25, 0.3) is 5.91 Å². The van der Waals surface area contributed by atoms with Gasteiger partial charge in [0.2, 0.25) is 5.91 Å². The molecule has 1 heterocycles. The SMILES string of the molecule is CN1C(=O)CN(c2ccccc2)C(=O)c2ccc(Cl)cc21. The standard InChI is InChI=1S/C16H13ClN2O2/c1-18-14-9-11(17)7-8-13(14)16(21)19(10-15(18)20)12-5-3-2-4-6-12/h2-9H,10H2,1H3. The fraction of sp³-hybridized carbons (Fsp3) is 0.125. The minimum Gasteiger partial charge on any atom is -0.313 e. The molecule has 21 heavy (non-hydrogen) atoms. The monoisotopic (exact) mass is 300 g/mol. The number of likely N-dealkylation sites (N-methyl/N-ethyl adjacent to an activating group) is 1. The summed E-state index contributed by atoms with van der Waals surface area (Å²) in [6.45, 7) is 0.00560. The first-order valence-electron chi connectivity index (χ1n) is 6.51. The molecule has 106 valence electrons. The molecule has 5 heteroatoms. The molecule has 0 bridgehead atoms. The Hall–Kier alpha value is -2.33. The molecule has 1 aliphatic rings. The summed E-state index contributed by atoms with van der Waals surface area (Å²) in [5, 5.41) is 0.495. The van der Waals surface area contributed by atoms with Crippen LogP contribution in [0.15, 0.2) is 48.5 Å². The fourth-order valence-electron chi connectivity index (χ4n) is 2.37. The van der Waals surface area contributed by atoms with Crippen molar-refractivity contribution in [2.75, 3.05) is 23.4 Å². The number of amides is 2. The third-order valence-electron chi connectivity index (χ3n) is 3.53. The van der Waals surface area contributed by atoms with Gasteiger partial charge in [-0.05, 0) is 30.3 Å². The van der Waals surface area contributed by atoms with Gasteiger partial charge in [-0.3, -0.25) is 14.5 Å². The van der Waals surface area contributed by atoms with Gasteiger partial charge in [0.15, 0.2) is 0 Å².